The number of nitrogens with one attached hydrogen (secondary N) is 1. The van der Waals surface area contributed by atoms with Gasteiger partial charge in [-0.15, -0.1) is 0 Å². The Morgan fingerprint density at radius 2 is 1.74 bits per heavy atom. The van der Waals surface area contributed by atoms with E-state index in [1.165, 1.54) is 7.05 Å². The van der Waals surface area contributed by atoms with Crippen molar-refractivity contribution >= 4 is 27.6 Å². The third-order valence-electron chi connectivity index (χ3n) is 2.40. The van der Waals surface area contributed by atoms with Crippen LogP contribution in [0, 0.1) is 0 Å². The molecule has 0 aliphatic carbocycles. The molecular formula is C11H17N3O4S. The predicted octanol–water partition coefficient (Wildman–Crippen LogP) is 0.426. The Balaban J connectivity index is 2.80. The Morgan fingerprint density at radius 1 is 1.21 bits per heavy atom. The number of hydrogen-bond acceptors (Lipinski definition) is 4. The van der Waals surface area contributed by atoms with Crippen molar-refractivity contribution in [2.24, 2.45) is 0 Å². The van der Waals surface area contributed by atoms with Crippen molar-refractivity contribution in [2.45, 2.75) is 0 Å². The zero-order chi connectivity index (χ0) is 14.6. The van der Waals surface area contributed by atoms with Crippen LogP contribution in [0.1, 0.15) is 0 Å². The molecule has 2 N–H and O–H groups in total. The maximum atomic E-state index is 11.8. The van der Waals surface area contributed by atoms with E-state index >= 15 is 0 Å². The molecule has 106 valence electrons. The minimum absolute atomic E-state index is 0.378. The fourth-order valence-corrected chi connectivity index (χ4v) is 2.20. The van der Waals surface area contributed by atoms with Gasteiger partial charge < -0.3 is 10.0 Å². The van der Waals surface area contributed by atoms with E-state index in [0.29, 0.717) is 5.69 Å². The molecule has 0 amide bonds. The molecular weight excluding hydrogens is 270 g/mol. The molecule has 0 saturated carbocycles. The highest BCUT2D eigenvalue weighted by atomic mass is 32.2. The number of rotatable bonds is 6. The van der Waals surface area contributed by atoms with Crippen LogP contribution in [0.5, 0.6) is 0 Å². The number of carboxylic acids is 1. The average Bonchev–Trinajstić information content (AvgIpc) is 2.28. The van der Waals surface area contributed by atoms with Gasteiger partial charge in [0.2, 0.25) is 0 Å². The number of carbonyl (C=O) groups is 1. The van der Waals surface area contributed by atoms with Crippen LogP contribution in [0.3, 0.4) is 0 Å². The van der Waals surface area contributed by atoms with Gasteiger partial charge in [0.1, 0.15) is 6.54 Å². The summed E-state index contributed by atoms with van der Waals surface area (Å²) in [5, 5.41) is 8.57. The maximum absolute atomic E-state index is 11.8. The lowest BCUT2D eigenvalue weighted by atomic mass is 10.3. The summed E-state index contributed by atoms with van der Waals surface area (Å²) in [5.41, 5.74) is 1.31. The Labute approximate surface area is 112 Å². The lowest BCUT2D eigenvalue weighted by Crippen LogP contribution is -2.36. The summed E-state index contributed by atoms with van der Waals surface area (Å²) < 4.78 is 26.6. The Bertz CT molecular complexity index is 540. The second-order valence-electron chi connectivity index (χ2n) is 4.20. The largest absolute Gasteiger partial charge is 0.480 e. The van der Waals surface area contributed by atoms with Crippen LogP contribution in [0.15, 0.2) is 24.3 Å². The van der Waals surface area contributed by atoms with Crippen molar-refractivity contribution in [3.8, 4) is 0 Å². The minimum atomic E-state index is -3.85. The molecule has 1 aromatic carbocycles. The van der Waals surface area contributed by atoms with Gasteiger partial charge >= 0.3 is 16.2 Å². The third-order valence-corrected chi connectivity index (χ3v) is 3.84. The van der Waals surface area contributed by atoms with Gasteiger partial charge in [-0.3, -0.25) is 9.52 Å². The lowest BCUT2D eigenvalue weighted by Gasteiger charge is -2.17. The van der Waals surface area contributed by atoms with E-state index in [4.69, 9.17) is 5.11 Å². The van der Waals surface area contributed by atoms with Crippen molar-refractivity contribution in [2.75, 3.05) is 37.3 Å². The zero-order valence-corrected chi connectivity index (χ0v) is 11.8. The lowest BCUT2D eigenvalue weighted by molar-refractivity contribution is -0.137. The summed E-state index contributed by atoms with van der Waals surface area (Å²) >= 11 is 0. The molecule has 1 aromatic rings. The van der Waals surface area contributed by atoms with E-state index in [2.05, 4.69) is 4.72 Å². The SMILES string of the molecule is CN(C)c1ccc(NS(=O)(=O)N(C)CC(=O)O)cc1. The van der Waals surface area contributed by atoms with Gasteiger partial charge in [0, 0.05) is 32.5 Å². The van der Waals surface area contributed by atoms with Crippen molar-refractivity contribution < 1.29 is 18.3 Å². The molecule has 19 heavy (non-hydrogen) atoms. The third kappa shape index (κ3) is 4.42. The first-order valence-electron chi connectivity index (χ1n) is 5.45. The molecule has 0 aromatic heterocycles. The van der Waals surface area contributed by atoms with Crippen LogP contribution < -0.4 is 9.62 Å². The summed E-state index contributed by atoms with van der Waals surface area (Å²) in [6, 6.07) is 6.74. The molecule has 0 unspecified atom stereocenters. The van der Waals surface area contributed by atoms with E-state index < -0.39 is 22.7 Å². The molecule has 8 heteroatoms. The van der Waals surface area contributed by atoms with Gasteiger partial charge in [0.05, 0.1) is 0 Å². The molecule has 0 spiro atoms. The number of hydrogen-bond donors (Lipinski definition) is 2. The maximum Gasteiger partial charge on any atom is 0.318 e. The standard InChI is InChI=1S/C11H17N3O4S/c1-13(2)10-6-4-9(5-7-10)12-19(17,18)14(3)8-11(15)16/h4-7,12H,8H2,1-3H3,(H,15,16). The zero-order valence-electron chi connectivity index (χ0n) is 11.0. The van der Waals surface area contributed by atoms with Crippen molar-refractivity contribution in [3.63, 3.8) is 0 Å². The van der Waals surface area contributed by atoms with E-state index in [9.17, 15) is 13.2 Å². The summed E-state index contributed by atoms with van der Waals surface area (Å²) in [5.74, 6) is -1.21. The fourth-order valence-electron chi connectivity index (χ4n) is 1.33. The van der Waals surface area contributed by atoms with Crippen molar-refractivity contribution in [3.05, 3.63) is 24.3 Å². The normalized spacial score (nSPS) is 11.4. The molecule has 0 fully saturated rings. The molecule has 0 radical (unpaired) electrons. The van der Waals surface area contributed by atoms with Gasteiger partial charge in [-0.05, 0) is 24.3 Å². The number of benzene rings is 1. The molecule has 0 aliphatic rings. The first-order chi connectivity index (χ1) is 8.72. The summed E-state index contributed by atoms with van der Waals surface area (Å²) in [6.07, 6.45) is 0. The Morgan fingerprint density at radius 3 is 2.16 bits per heavy atom. The van der Waals surface area contributed by atoms with Crippen LogP contribution in [0.25, 0.3) is 0 Å². The van der Waals surface area contributed by atoms with E-state index in [0.717, 1.165) is 9.99 Å². The monoisotopic (exact) mass is 287 g/mol. The highest BCUT2D eigenvalue weighted by molar-refractivity contribution is 7.90. The summed E-state index contributed by atoms with van der Waals surface area (Å²) in [4.78, 5) is 12.4. The number of nitrogens with zero attached hydrogens (tertiary/aromatic N) is 2. The van der Waals surface area contributed by atoms with Gasteiger partial charge in [-0.1, -0.05) is 0 Å². The first-order valence-corrected chi connectivity index (χ1v) is 6.89. The molecule has 0 heterocycles. The quantitative estimate of drug-likeness (QED) is 0.791. The number of carboxylic acid groups (broad SMARTS) is 1. The smallest absolute Gasteiger partial charge is 0.318 e. The van der Waals surface area contributed by atoms with Gasteiger partial charge in [0.15, 0.2) is 0 Å². The van der Waals surface area contributed by atoms with Crippen molar-refractivity contribution in [1.29, 1.82) is 0 Å². The van der Waals surface area contributed by atoms with E-state index in [1.54, 1.807) is 24.3 Å². The van der Waals surface area contributed by atoms with Crippen LogP contribution in [-0.4, -0.2) is 51.5 Å². The molecule has 0 saturated heterocycles. The van der Waals surface area contributed by atoms with Crippen LogP contribution in [0.4, 0.5) is 11.4 Å². The van der Waals surface area contributed by atoms with Gasteiger partial charge in [-0.25, -0.2) is 0 Å². The van der Waals surface area contributed by atoms with Crippen LogP contribution in [0.2, 0.25) is 0 Å². The molecule has 0 atom stereocenters. The Kier molecular flexibility index (Phi) is 4.73. The van der Waals surface area contributed by atoms with E-state index in [-0.39, 0.29) is 0 Å². The highest BCUT2D eigenvalue weighted by Gasteiger charge is 2.19. The molecule has 1 rings (SSSR count). The summed E-state index contributed by atoms with van der Waals surface area (Å²) in [6.45, 7) is -0.592. The number of likely N-dealkylation sites (N-methyl/N-ethyl adjacent to an activating group) is 1. The minimum Gasteiger partial charge on any atom is -0.480 e. The molecule has 0 bridgehead atoms. The van der Waals surface area contributed by atoms with Gasteiger partial charge in [0.25, 0.3) is 0 Å². The predicted molar refractivity (Wildman–Crippen MR) is 73.6 cm³/mol. The average molecular weight is 287 g/mol. The topological polar surface area (TPSA) is 90.0 Å². The van der Waals surface area contributed by atoms with Crippen molar-refractivity contribution in [1.82, 2.24) is 4.31 Å². The fraction of sp³-hybridized carbons (Fsp3) is 0.364. The second-order valence-corrected chi connectivity index (χ2v) is 5.98. The second kappa shape index (κ2) is 5.89. The summed E-state index contributed by atoms with van der Waals surface area (Å²) in [7, 11) is 1.10. The van der Waals surface area contributed by atoms with Gasteiger partial charge in [-0.2, -0.15) is 12.7 Å². The first kappa shape index (κ1) is 15.3. The molecule has 7 nitrogen and oxygen atoms in total. The number of anilines is 2. The Hall–Kier alpha value is -1.80. The van der Waals surface area contributed by atoms with Crippen LogP contribution >= 0.6 is 0 Å². The molecule has 0 aliphatic heterocycles. The van der Waals surface area contributed by atoms with E-state index in [1.807, 2.05) is 19.0 Å². The highest BCUT2D eigenvalue weighted by Crippen LogP contribution is 2.17. The number of aliphatic carboxylic acids is 1. The van der Waals surface area contributed by atoms with Crippen LogP contribution in [-0.2, 0) is 15.0 Å².